The van der Waals surface area contributed by atoms with Gasteiger partial charge in [-0.25, -0.2) is 9.78 Å². The van der Waals surface area contributed by atoms with Crippen LogP contribution in [-0.4, -0.2) is 23.0 Å². The number of urea groups is 1. The Balaban J connectivity index is 2.37. The van der Waals surface area contributed by atoms with Gasteiger partial charge in [0.15, 0.2) is 5.13 Å². The molecule has 0 radical (unpaired) electrons. The minimum absolute atomic E-state index is 0.262. The van der Waals surface area contributed by atoms with Crippen LogP contribution in [-0.2, 0) is 0 Å². The Labute approximate surface area is 116 Å². The predicted octanol–water partition coefficient (Wildman–Crippen LogP) is 2.88. The van der Waals surface area contributed by atoms with Gasteiger partial charge in [-0.15, -0.1) is 0 Å². The fraction of sp³-hybridized carbons (Fsp3) is 0.308. The van der Waals surface area contributed by atoms with Gasteiger partial charge in [0.2, 0.25) is 0 Å². The van der Waals surface area contributed by atoms with Gasteiger partial charge in [-0.1, -0.05) is 11.3 Å². The van der Waals surface area contributed by atoms with E-state index < -0.39 is 0 Å². The summed E-state index contributed by atoms with van der Waals surface area (Å²) >= 11 is 1.46. The van der Waals surface area contributed by atoms with Gasteiger partial charge in [0, 0.05) is 18.4 Å². The first-order valence-electron chi connectivity index (χ1n) is 5.91. The third-order valence-corrected chi connectivity index (χ3v) is 3.71. The topological polar surface area (TPSA) is 66.9 Å². The van der Waals surface area contributed by atoms with Crippen molar-refractivity contribution in [2.75, 3.05) is 12.4 Å². The molecule has 2 heterocycles. The zero-order chi connectivity index (χ0) is 14.0. The van der Waals surface area contributed by atoms with Gasteiger partial charge in [0.1, 0.15) is 0 Å². The van der Waals surface area contributed by atoms with Crippen LogP contribution in [0.5, 0.6) is 0 Å². The first-order valence-corrected chi connectivity index (χ1v) is 6.73. The molecule has 0 bridgehead atoms. The fourth-order valence-corrected chi connectivity index (χ4v) is 2.79. The highest BCUT2D eigenvalue weighted by atomic mass is 32.1. The van der Waals surface area contributed by atoms with Gasteiger partial charge < -0.3 is 5.32 Å². The summed E-state index contributed by atoms with van der Waals surface area (Å²) in [5.41, 5.74) is 3.94. The molecule has 6 heteroatoms. The van der Waals surface area contributed by atoms with Gasteiger partial charge in [0.05, 0.1) is 10.6 Å². The van der Waals surface area contributed by atoms with E-state index in [9.17, 15) is 4.79 Å². The maximum absolute atomic E-state index is 11.3. The molecule has 0 saturated carbocycles. The molecule has 5 nitrogen and oxygen atoms in total. The normalized spacial score (nSPS) is 10.3. The van der Waals surface area contributed by atoms with Crippen molar-refractivity contribution in [2.24, 2.45) is 0 Å². The summed E-state index contributed by atoms with van der Waals surface area (Å²) in [4.78, 5) is 21.1. The van der Waals surface area contributed by atoms with E-state index in [-0.39, 0.29) is 6.03 Å². The van der Waals surface area contributed by atoms with Crippen LogP contribution >= 0.6 is 11.3 Å². The summed E-state index contributed by atoms with van der Waals surface area (Å²) in [7, 11) is 1.58. The molecule has 2 N–H and O–H groups in total. The van der Waals surface area contributed by atoms with Gasteiger partial charge in [-0.05, 0) is 38.5 Å². The summed E-state index contributed by atoms with van der Waals surface area (Å²) in [6.45, 7) is 5.87. The van der Waals surface area contributed by atoms with Crippen LogP contribution in [0.2, 0.25) is 0 Å². The Bertz CT molecular complexity index is 601. The smallest absolute Gasteiger partial charge is 0.320 e. The Kier molecular flexibility index (Phi) is 3.80. The largest absolute Gasteiger partial charge is 0.341 e. The van der Waals surface area contributed by atoms with E-state index >= 15 is 0 Å². The molecule has 0 atom stereocenters. The van der Waals surface area contributed by atoms with Crippen LogP contribution in [0.25, 0.3) is 10.4 Å². The van der Waals surface area contributed by atoms with Crippen molar-refractivity contribution in [3.8, 4) is 10.4 Å². The molecule has 19 heavy (non-hydrogen) atoms. The Morgan fingerprint density at radius 3 is 2.37 bits per heavy atom. The molecule has 2 aromatic heterocycles. The van der Waals surface area contributed by atoms with E-state index in [0.717, 1.165) is 27.5 Å². The first kappa shape index (κ1) is 13.5. The molecule has 0 aliphatic rings. The quantitative estimate of drug-likeness (QED) is 0.886. The highest BCUT2D eigenvalue weighted by Crippen LogP contribution is 2.33. The summed E-state index contributed by atoms with van der Waals surface area (Å²) in [6.07, 6.45) is 0. The first-order chi connectivity index (χ1) is 8.99. The summed E-state index contributed by atoms with van der Waals surface area (Å²) in [5.74, 6) is 0. The lowest BCUT2D eigenvalue weighted by atomic mass is 10.1. The van der Waals surface area contributed by atoms with Gasteiger partial charge in [-0.2, -0.15) is 0 Å². The van der Waals surface area contributed by atoms with Crippen LogP contribution in [0.4, 0.5) is 9.93 Å². The molecular weight excluding hydrogens is 260 g/mol. The lowest BCUT2D eigenvalue weighted by Crippen LogP contribution is -2.24. The number of nitrogens with zero attached hydrogens (tertiary/aromatic N) is 2. The number of pyridine rings is 1. The molecule has 0 unspecified atom stereocenters. The summed E-state index contributed by atoms with van der Waals surface area (Å²) in [5, 5.41) is 5.80. The lowest BCUT2D eigenvalue weighted by Gasteiger charge is -2.02. The molecule has 0 aromatic carbocycles. The molecule has 2 amide bonds. The average Bonchev–Trinajstić information content (AvgIpc) is 2.68. The van der Waals surface area contributed by atoms with E-state index in [2.05, 4.69) is 20.6 Å². The van der Waals surface area contributed by atoms with Crippen LogP contribution < -0.4 is 10.6 Å². The van der Waals surface area contributed by atoms with E-state index in [0.29, 0.717) is 5.13 Å². The number of aromatic nitrogens is 2. The van der Waals surface area contributed by atoms with Crippen molar-refractivity contribution >= 4 is 22.5 Å². The van der Waals surface area contributed by atoms with Gasteiger partial charge in [-0.3, -0.25) is 10.3 Å². The van der Waals surface area contributed by atoms with Gasteiger partial charge >= 0.3 is 6.03 Å². The van der Waals surface area contributed by atoms with Crippen molar-refractivity contribution in [1.82, 2.24) is 15.3 Å². The molecular formula is C13H16N4OS. The number of hydrogen-bond donors (Lipinski definition) is 2. The zero-order valence-electron chi connectivity index (χ0n) is 11.4. The van der Waals surface area contributed by atoms with E-state index in [1.807, 2.05) is 32.9 Å². The third kappa shape index (κ3) is 3.08. The number of aryl methyl sites for hydroxylation is 3. The SMILES string of the molecule is CNC(=O)Nc1nc(C)c(-c2cc(C)nc(C)c2)s1. The molecule has 0 fully saturated rings. The number of thiazole rings is 1. The van der Waals surface area contributed by atoms with Crippen molar-refractivity contribution < 1.29 is 4.79 Å². The zero-order valence-corrected chi connectivity index (χ0v) is 12.2. The highest BCUT2D eigenvalue weighted by Gasteiger charge is 2.12. The summed E-state index contributed by atoms with van der Waals surface area (Å²) in [6, 6.07) is 3.79. The second kappa shape index (κ2) is 5.36. The third-order valence-electron chi connectivity index (χ3n) is 2.59. The predicted molar refractivity (Wildman–Crippen MR) is 77.6 cm³/mol. The molecule has 0 aliphatic heterocycles. The maximum Gasteiger partial charge on any atom is 0.320 e. The number of anilines is 1. The molecule has 2 rings (SSSR count). The lowest BCUT2D eigenvalue weighted by molar-refractivity contribution is 0.254. The minimum atomic E-state index is -0.262. The average molecular weight is 276 g/mol. The second-order valence-electron chi connectivity index (χ2n) is 4.28. The Morgan fingerprint density at radius 1 is 1.16 bits per heavy atom. The molecule has 0 aliphatic carbocycles. The van der Waals surface area contributed by atoms with Crippen LogP contribution in [0.15, 0.2) is 12.1 Å². The van der Waals surface area contributed by atoms with E-state index in [1.54, 1.807) is 7.05 Å². The molecule has 100 valence electrons. The van der Waals surface area contributed by atoms with Crippen molar-refractivity contribution in [3.05, 3.63) is 29.2 Å². The Hall–Kier alpha value is -1.95. The Morgan fingerprint density at radius 2 is 1.79 bits per heavy atom. The standard InChI is InChI=1S/C13H16N4OS/c1-7-5-10(6-8(2)15-7)11-9(3)16-13(19-11)17-12(18)14-4/h5-6H,1-4H3,(H2,14,16,17,18). The number of carbonyl (C=O) groups is 1. The maximum atomic E-state index is 11.3. The van der Waals surface area contributed by atoms with E-state index in [1.165, 1.54) is 11.3 Å². The number of nitrogens with one attached hydrogen (secondary N) is 2. The number of rotatable bonds is 2. The number of amides is 2. The number of carbonyl (C=O) groups excluding carboxylic acids is 1. The van der Waals surface area contributed by atoms with Crippen LogP contribution in [0, 0.1) is 20.8 Å². The van der Waals surface area contributed by atoms with Crippen molar-refractivity contribution in [1.29, 1.82) is 0 Å². The monoisotopic (exact) mass is 276 g/mol. The van der Waals surface area contributed by atoms with Crippen molar-refractivity contribution in [3.63, 3.8) is 0 Å². The van der Waals surface area contributed by atoms with E-state index in [4.69, 9.17) is 0 Å². The van der Waals surface area contributed by atoms with Gasteiger partial charge in [0.25, 0.3) is 0 Å². The highest BCUT2D eigenvalue weighted by molar-refractivity contribution is 7.19. The molecule has 0 saturated heterocycles. The van der Waals surface area contributed by atoms with Crippen LogP contribution in [0.1, 0.15) is 17.1 Å². The second-order valence-corrected chi connectivity index (χ2v) is 5.28. The van der Waals surface area contributed by atoms with Crippen LogP contribution in [0.3, 0.4) is 0 Å². The fourth-order valence-electron chi connectivity index (χ4n) is 1.84. The molecule has 0 spiro atoms. The van der Waals surface area contributed by atoms with Crippen molar-refractivity contribution in [2.45, 2.75) is 20.8 Å². The molecule has 2 aromatic rings. The minimum Gasteiger partial charge on any atom is -0.341 e. The number of hydrogen-bond acceptors (Lipinski definition) is 4. The summed E-state index contributed by atoms with van der Waals surface area (Å²) < 4.78 is 0.